The number of halogens is 1. The predicted molar refractivity (Wildman–Crippen MR) is 133 cm³/mol. The Morgan fingerprint density at radius 3 is 2.73 bits per heavy atom. The molecular weight excluding hydrogens is 454 g/mol. The van der Waals surface area contributed by atoms with Crippen LogP contribution in [0.1, 0.15) is 45.2 Å². The summed E-state index contributed by atoms with van der Waals surface area (Å²) in [6.07, 6.45) is 2.91. The summed E-state index contributed by atoms with van der Waals surface area (Å²) >= 11 is 7.94. The van der Waals surface area contributed by atoms with Gasteiger partial charge >= 0.3 is 0 Å². The van der Waals surface area contributed by atoms with E-state index < -0.39 is 0 Å². The zero-order valence-corrected chi connectivity index (χ0v) is 19.8. The van der Waals surface area contributed by atoms with Crippen LogP contribution in [-0.2, 0) is 17.8 Å². The number of anilines is 1. The summed E-state index contributed by atoms with van der Waals surface area (Å²) in [5, 5.41) is 8.89. The van der Waals surface area contributed by atoms with Gasteiger partial charge in [-0.2, -0.15) is 0 Å². The van der Waals surface area contributed by atoms with Crippen LogP contribution < -0.4 is 10.6 Å². The van der Waals surface area contributed by atoms with E-state index in [0.29, 0.717) is 22.8 Å². The molecule has 0 radical (unpaired) electrons. The maximum absolute atomic E-state index is 13.0. The molecule has 5 nitrogen and oxygen atoms in total. The number of nitrogens with zero attached hydrogens (tertiary/aromatic N) is 1. The molecule has 0 bridgehead atoms. The van der Waals surface area contributed by atoms with Crippen LogP contribution >= 0.6 is 22.9 Å². The minimum atomic E-state index is -0.148. The average molecular weight is 480 g/mol. The first-order chi connectivity index (χ1) is 16.1. The van der Waals surface area contributed by atoms with E-state index in [-0.39, 0.29) is 23.8 Å². The second kappa shape index (κ2) is 9.67. The van der Waals surface area contributed by atoms with Crippen LogP contribution in [0.5, 0.6) is 0 Å². The number of carbonyl (C=O) groups is 2. The molecule has 2 aromatic carbocycles. The van der Waals surface area contributed by atoms with Gasteiger partial charge in [-0.05, 0) is 72.2 Å². The van der Waals surface area contributed by atoms with Crippen molar-refractivity contribution in [1.29, 1.82) is 0 Å². The van der Waals surface area contributed by atoms with E-state index in [1.54, 1.807) is 18.2 Å². The molecule has 3 aromatic rings. The molecule has 33 heavy (non-hydrogen) atoms. The Balaban J connectivity index is 1.29. The van der Waals surface area contributed by atoms with Crippen LogP contribution in [0.3, 0.4) is 0 Å². The van der Waals surface area contributed by atoms with Gasteiger partial charge in [-0.25, -0.2) is 0 Å². The Morgan fingerprint density at radius 1 is 1.12 bits per heavy atom. The molecule has 2 heterocycles. The van der Waals surface area contributed by atoms with Crippen molar-refractivity contribution in [1.82, 2.24) is 10.2 Å². The molecule has 1 aromatic heterocycles. The lowest BCUT2D eigenvalue weighted by Crippen LogP contribution is -2.40. The third-order valence-corrected chi connectivity index (χ3v) is 7.60. The van der Waals surface area contributed by atoms with Crippen molar-refractivity contribution in [2.24, 2.45) is 5.92 Å². The molecule has 170 valence electrons. The molecule has 1 aliphatic carbocycles. The summed E-state index contributed by atoms with van der Waals surface area (Å²) in [4.78, 5) is 28.9. The Labute approximate surface area is 202 Å². The van der Waals surface area contributed by atoms with E-state index in [0.717, 1.165) is 37.9 Å². The van der Waals surface area contributed by atoms with Crippen LogP contribution in [0.15, 0.2) is 60.0 Å². The fraction of sp³-hybridized carbons (Fsp3) is 0.308. The van der Waals surface area contributed by atoms with Crippen LogP contribution in [-0.4, -0.2) is 29.8 Å². The van der Waals surface area contributed by atoms with Gasteiger partial charge in [0.05, 0.1) is 6.04 Å². The highest BCUT2D eigenvalue weighted by Crippen LogP contribution is 2.31. The number of thiophene rings is 1. The topological polar surface area (TPSA) is 61.4 Å². The molecule has 2 N–H and O–H groups in total. The summed E-state index contributed by atoms with van der Waals surface area (Å²) in [7, 11) is 0. The first kappa shape index (κ1) is 22.1. The van der Waals surface area contributed by atoms with Gasteiger partial charge in [-0.1, -0.05) is 29.8 Å². The van der Waals surface area contributed by atoms with Gasteiger partial charge in [0.1, 0.15) is 0 Å². The number of amides is 2. The molecule has 1 aliphatic heterocycles. The van der Waals surface area contributed by atoms with Crippen molar-refractivity contribution in [2.45, 2.75) is 31.8 Å². The van der Waals surface area contributed by atoms with E-state index in [9.17, 15) is 9.59 Å². The van der Waals surface area contributed by atoms with Crippen molar-refractivity contribution in [3.8, 4) is 0 Å². The van der Waals surface area contributed by atoms with E-state index in [1.165, 1.54) is 10.4 Å². The molecule has 1 fully saturated rings. The quantitative estimate of drug-likeness (QED) is 0.484. The van der Waals surface area contributed by atoms with Crippen LogP contribution in [0.2, 0.25) is 5.02 Å². The molecule has 7 heteroatoms. The van der Waals surface area contributed by atoms with Gasteiger partial charge in [0.2, 0.25) is 5.91 Å². The monoisotopic (exact) mass is 479 g/mol. The fourth-order valence-corrected chi connectivity index (χ4v) is 5.31. The zero-order chi connectivity index (χ0) is 22.8. The second-order valence-corrected chi connectivity index (χ2v) is 10.1. The lowest BCUT2D eigenvalue weighted by molar-refractivity contribution is -0.117. The minimum Gasteiger partial charge on any atom is -0.350 e. The number of nitrogens with one attached hydrogen (secondary N) is 2. The predicted octanol–water partition coefficient (Wildman–Crippen LogP) is 5.28. The number of hydrogen-bond donors (Lipinski definition) is 2. The van der Waals surface area contributed by atoms with E-state index in [4.69, 9.17) is 11.6 Å². The number of carbonyl (C=O) groups excluding carboxylic acids is 2. The van der Waals surface area contributed by atoms with Crippen LogP contribution in [0.4, 0.5) is 5.69 Å². The summed E-state index contributed by atoms with van der Waals surface area (Å²) < 4.78 is 0. The van der Waals surface area contributed by atoms with Gasteiger partial charge < -0.3 is 10.6 Å². The third kappa shape index (κ3) is 5.29. The van der Waals surface area contributed by atoms with E-state index in [2.05, 4.69) is 27.0 Å². The van der Waals surface area contributed by atoms with Gasteiger partial charge in [-0.3, -0.25) is 14.5 Å². The first-order valence-electron chi connectivity index (χ1n) is 11.3. The third-order valence-electron chi connectivity index (χ3n) is 6.33. The maximum Gasteiger partial charge on any atom is 0.251 e. The highest BCUT2D eigenvalue weighted by molar-refractivity contribution is 7.10. The van der Waals surface area contributed by atoms with Crippen molar-refractivity contribution < 1.29 is 9.59 Å². The molecule has 0 saturated heterocycles. The molecule has 0 spiro atoms. The Hall–Kier alpha value is -2.67. The lowest BCUT2D eigenvalue weighted by atomic mass is 10.0. The molecule has 1 unspecified atom stereocenters. The number of rotatable bonds is 7. The zero-order valence-electron chi connectivity index (χ0n) is 18.2. The Kier molecular flexibility index (Phi) is 6.49. The van der Waals surface area contributed by atoms with Crippen molar-refractivity contribution in [3.63, 3.8) is 0 Å². The maximum atomic E-state index is 13.0. The Morgan fingerprint density at radius 2 is 1.94 bits per heavy atom. The lowest BCUT2D eigenvalue weighted by Gasteiger charge is -2.35. The van der Waals surface area contributed by atoms with Gasteiger partial charge in [0, 0.05) is 46.7 Å². The highest BCUT2D eigenvalue weighted by Gasteiger charge is 2.30. The average Bonchev–Trinajstić information content (AvgIpc) is 3.58. The number of fused-ring (bicyclic) bond motifs is 1. The molecule has 1 saturated carbocycles. The molecule has 5 rings (SSSR count). The van der Waals surface area contributed by atoms with E-state index in [1.807, 2.05) is 41.7 Å². The SMILES string of the molecule is O=C(NCC(c1ccc(Cl)cc1)N1CCc2sccc2C1)c1cccc(NC(=O)C2CC2)c1. The van der Waals surface area contributed by atoms with E-state index >= 15 is 0 Å². The number of hydrogen-bond acceptors (Lipinski definition) is 4. The van der Waals surface area contributed by atoms with Crippen molar-refractivity contribution in [3.05, 3.63) is 86.6 Å². The summed E-state index contributed by atoms with van der Waals surface area (Å²) in [5.74, 6) is 0.00822. The van der Waals surface area contributed by atoms with Crippen molar-refractivity contribution in [2.75, 3.05) is 18.4 Å². The van der Waals surface area contributed by atoms with Gasteiger partial charge in [-0.15, -0.1) is 11.3 Å². The fourth-order valence-electron chi connectivity index (χ4n) is 4.30. The largest absolute Gasteiger partial charge is 0.350 e. The van der Waals surface area contributed by atoms with Gasteiger partial charge in [0.25, 0.3) is 5.91 Å². The summed E-state index contributed by atoms with van der Waals surface area (Å²) in [6.45, 7) is 2.29. The first-order valence-corrected chi connectivity index (χ1v) is 12.6. The van der Waals surface area contributed by atoms with Gasteiger partial charge in [0.15, 0.2) is 0 Å². The number of benzene rings is 2. The summed E-state index contributed by atoms with van der Waals surface area (Å²) in [5.41, 5.74) is 3.70. The normalized spacial score (nSPS) is 16.6. The van der Waals surface area contributed by atoms with Crippen LogP contribution in [0.25, 0.3) is 0 Å². The molecule has 1 atom stereocenters. The Bertz CT molecular complexity index is 1160. The van der Waals surface area contributed by atoms with Crippen molar-refractivity contribution >= 4 is 40.4 Å². The van der Waals surface area contributed by atoms with Crippen LogP contribution in [0, 0.1) is 5.92 Å². The standard InChI is InChI=1S/C26H26ClN3O2S/c27-21-8-6-17(7-9-21)23(30-12-10-24-20(16-30)11-13-33-24)15-28-25(31)19-2-1-3-22(14-19)29-26(32)18-4-5-18/h1-3,6-9,11,13-14,18,23H,4-5,10,12,15-16H2,(H,28,31)(H,29,32). The highest BCUT2D eigenvalue weighted by atomic mass is 35.5. The smallest absolute Gasteiger partial charge is 0.251 e. The second-order valence-electron chi connectivity index (χ2n) is 8.71. The molecule has 2 aliphatic rings. The molecule has 2 amide bonds. The molecular formula is C26H26ClN3O2S. The summed E-state index contributed by atoms with van der Waals surface area (Å²) in [6, 6.07) is 17.3. The minimum absolute atomic E-state index is 0.0354.